The van der Waals surface area contributed by atoms with Crippen molar-refractivity contribution < 1.29 is 14.3 Å². The standard InChI is InChI=1S/C19H26N2O3/c1-13(16-7-5-4-6-8-16)21-11-15-9-17(12-21)19(10-15,18(23)24-3)20-14(2)22/h4-8,13,15,17H,9-12H2,1-3H3,(H,20,22)/t13-,15-,17-,19-/m1/s1. The molecule has 2 aliphatic rings. The van der Waals surface area contributed by atoms with Gasteiger partial charge in [-0.15, -0.1) is 0 Å². The number of benzene rings is 1. The number of methoxy groups -OCH3 is 1. The number of piperidine rings is 1. The van der Waals surface area contributed by atoms with E-state index in [9.17, 15) is 9.59 Å². The molecular formula is C19H26N2O3. The fourth-order valence-electron chi connectivity index (χ4n) is 4.58. The minimum atomic E-state index is -0.865. The summed E-state index contributed by atoms with van der Waals surface area (Å²) in [5, 5.41) is 2.94. The zero-order chi connectivity index (χ0) is 17.3. The third kappa shape index (κ3) is 2.93. The van der Waals surface area contributed by atoms with E-state index < -0.39 is 5.54 Å². The average Bonchev–Trinajstić information content (AvgIpc) is 2.84. The molecule has 1 N–H and O–H groups in total. The second-order valence-corrected chi connectivity index (χ2v) is 7.19. The van der Waals surface area contributed by atoms with Crippen molar-refractivity contribution in [2.75, 3.05) is 20.2 Å². The third-order valence-corrected chi connectivity index (χ3v) is 5.65. The fourth-order valence-corrected chi connectivity index (χ4v) is 4.58. The third-order valence-electron chi connectivity index (χ3n) is 5.65. The second-order valence-electron chi connectivity index (χ2n) is 7.19. The number of nitrogens with one attached hydrogen (secondary N) is 1. The molecule has 1 saturated carbocycles. The summed E-state index contributed by atoms with van der Waals surface area (Å²) in [5.41, 5.74) is 0.415. The maximum absolute atomic E-state index is 12.5. The molecule has 24 heavy (non-hydrogen) atoms. The molecule has 1 heterocycles. The lowest BCUT2D eigenvalue weighted by molar-refractivity contribution is -0.152. The predicted octanol–water partition coefficient (Wildman–Crippen LogP) is 2.14. The Kier molecular flexibility index (Phi) is 4.63. The summed E-state index contributed by atoms with van der Waals surface area (Å²) in [6, 6.07) is 10.7. The van der Waals surface area contributed by atoms with E-state index in [2.05, 4.69) is 41.4 Å². The molecule has 0 radical (unpaired) electrons. The minimum Gasteiger partial charge on any atom is -0.467 e. The van der Waals surface area contributed by atoms with E-state index in [1.54, 1.807) is 0 Å². The topological polar surface area (TPSA) is 58.6 Å². The van der Waals surface area contributed by atoms with E-state index in [4.69, 9.17) is 4.74 Å². The number of fused-ring (bicyclic) bond motifs is 2. The molecule has 0 spiro atoms. The molecule has 3 rings (SSSR count). The molecule has 2 bridgehead atoms. The number of hydrogen-bond acceptors (Lipinski definition) is 4. The van der Waals surface area contributed by atoms with Crippen molar-refractivity contribution in [3.05, 3.63) is 35.9 Å². The summed E-state index contributed by atoms with van der Waals surface area (Å²) in [5.74, 6) is 0.0228. The lowest BCUT2D eigenvalue weighted by atomic mass is 9.85. The van der Waals surface area contributed by atoms with Crippen molar-refractivity contribution in [1.82, 2.24) is 10.2 Å². The van der Waals surface area contributed by atoms with Gasteiger partial charge in [0, 0.05) is 32.0 Å². The molecule has 4 atom stereocenters. The smallest absolute Gasteiger partial charge is 0.331 e. The van der Waals surface area contributed by atoms with Crippen LogP contribution in [0.15, 0.2) is 30.3 Å². The molecule has 1 saturated heterocycles. The molecular weight excluding hydrogens is 304 g/mol. The molecule has 5 heteroatoms. The molecule has 1 aromatic rings. The Balaban J connectivity index is 1.83. The van der Waals surface area contributed by atoms with Gasteiger partial charge in [-0.25, -0.2) is 4.79 Å². The highest BCUT2D eigenvalue weighted by Gasteiger charge is 2.57. The van der Waals surface area contributed by atoms with E-state index in [-0.39, 0.29) is 17.8 Å². The van der Waals surface area contributed by atoms with E-state index in [1.807, 2.05) is 6.07 Å². The van der Waals surface area contributed by atoms with Gasteiger partial charge >= 0.3 is 5.97 Å². The van der Waals surface area contributed by atoms with Gasteiger partial charge in [0.15, 0.2) is 0 Å². The number of hydrogen-bond donors (Lipinski definition) is 1. The molecule has 5 nitrogen and oxygen atoms in total. The SMILES string of the molecule is COC(=O)[C@@]1(NC(C)=O)C[C@H]2C[C@@H]1CN([C@H](C)c1ccccc1)C2. The van der Waals surface area contributed by atoms with Crippen LogP contribution < -0.4 is 5.32 Å². The van der Waals surface area contributed by atoms with Crippen LogP contribution in [0, 0.1) is 11.8 Å². The van der Waals surface area contributed by atoms with Crippen molar-refractivity contribution in [3.63, 3.8) is 0 Å². The van der Waals surface area contributed by atoms with E-state index in [0.29, 0.717) is 18.4 Å². The van der Waals surface area contributed by atoms with Gasteiger partial charge in [0.25, 0.3) is 0 Å². The van der Waals surface area contributed by atoms with Gasteiger partial charge in [-0.2, -0.15) is 0 Å². The van der Waals surface area contributed by atoms with Crippen LogP contribution in [0.3, 0.4) is 0 Å². The average molecular weight is 330 g/mol. The zero-order valence-electron chi connectivity index (χ0n) is 14.6. The van der Waals surface area contributed by atoms with Crippen molar-refractivity contribution in [2.45, 2.75) is 38.3 Å². The Morgan fingerprint density at radius 2 is 2.00 bits per heavy atom. The van der Waals surface area contributed by atoms with Crippen molar-refractivity contribution >= 4 is 11.9 Å². The molecule has 0 unspecified atom stereocenters. The molecule has 1 aromatic carbocycles. The predicted molar refractivity (Wildman–Crippen MR) is 91.2 cm³/mol. The Morgan fingerprint density at radius 3 is 2.62 bits per heavy atom. The zero-order valence-corrected chi connectivity index (χ0v) is 14.6. The highest BCUT2D eigenvalue weighted by Crippen LogP contribution is 2.46. The summed E-state index contributed by atoms with van der Waals surface area (Å²) in [7, 11) is 1.40. The minimum absolute atomic E-state index is 0.0961. The molecule has 1 aliphatic heterocycles. The van der Waals surface area contributed by atoms with Gasteiger partial charge in [0.05, 0.1) is 7.11 Å². The molecule has 2 fully saturated rings. The summed E-state index contributed by atoms with van der Waals surface area (Å²) in [6.07, 6.45) is 1.63. The first kappa shape index (κ1) is 17.0. The molecule has 1 amide bonds. The van der Waals surface area contributed by atoms with Crippen LogP contribution in [0.5, 0.6) is 0 Å². The number of carbonyl (C=O) groups is 2. The molecule has 130 valence electrons. The van der Waals surface area contributed by atoms with Crippen molar-refractivity contribution in [2.24, 2.45) is 11.8 Å². The summed E-state index contributed by atoms with van der Waals surface area (Å²) >= 11 is 0. The maximum Gasteiger partial charge on any atom is 0.331 e. The largest absolute Gasteiger partial charge is 0.467 e. The lowest BCUT2D eigenvalue weighted by Gasteiger charge is -2.39. The van der Waals surface area contributed by atoms with Gasteiger partial charge in [0.2, 0.25) is 5.91 Å². The summed E-state index contributed by atoms with van der Waals surface area (Å²) in [6.45, 7) is 5.42. The lowest BCUT2D eigenvalue weighted by Crippen LogP contribution is -2.58. The second kappa shape index (κ2) is 6.55. The van der Waals surface area contributed by atoms with Crippen molar-refractivity contribution in [3.8, 4) is 0 Å². The first-order valence-corrected chi connectivity index (χ1v) is 8.62. The van der Waals surface area contributed by atoms with Crippen LogP contribution in [-0.2, 0) is 14.3 Å². The fraction of sp³-hybridized carbons (Fsp3) is 0.579. The van der Waals surface area contributed by atoms with Crippen molar-refractivity contribution in [1.29, 1.82) is 0 Å². The Labute approximate surface area is 143 Å². The summed E-state index contributed by atoms with van der Waals surface area (Å²) in [4.78, 5) is 26.7. The maximum atomic E-state index is 12.5. The normalized spacial score (nSPS) is 30.6. The van der Waals surface area contributed by atoms with Crippen LogP contribution >= 0.6 is 0 Å². The Morgan fingerprint density at radius 1 is 1.29 bits per heavy atom. The van der Waals surface area contributed by atoms with E-state index in [1.165, 1.54) is 19.6 Å². The van der Waals surface area contributed by atoms with Gasteiger partial charge in [0.1, 0.15) is 5.54 Å². The molecule has 1 aliphatic carbocycles. The van der Waals surface area contributed by atoms with Gasteiger partial charge in [-0.05, 0) is 31.2 Å². The quantitative estimate of drug-likeness (QED) is 0.859. The van der Waals surface area contributed by atoms with Crippen LogP contribution in [0.2, 0.25) is 0 Å². The monoisotopic (exact) mass is 330 g/mol. The Bertz CT molecular complexity index is 618. The van der Waals surface area contributed by atoms with Crippen LogP contribution in [-0.4, -0.2) is 42.5 Å². The van der Waals surface area contributed by atoms with Crippen LogP contribution in [0.4, 0.5) is 0 Å². The van der Waals surface area contributed by atoms with E-state index >= 15 is 0 Å². The highest BCUT2D eigenvalue weighted by atomic mass is 16.5. The van der Waals surface area contributed by atoms with Crippen LogP contribution in [0.1, 0.15) is 38.3 Å². The van der Waals surface area contributed by atoms with Gasteiger partial charge in [-0.3, -0.25) is 9.69 Å². The highest BCUT2D eigenvalue weighted by molar-refractivity contribution is 5.88. The Hall–Kier alpha value is -1.88. The number of likely N-dealkylation sites (tertiary alicyclic amines) is 1. The number of amides is 1. The van der Waals surface area contributed by atoms with E-state index in [0.717, 1.165) is 19.5 Å². The number of esters is 1. The number of rotatable bonds is 4. The number of nitrogens with zero attached hydrogens (tertiary/aromatic N) is 1. The molecule has 0 aromatic heterocycles. The van der Waals surface area contributed by atoms with Crippen LogP contribution in [0.25, 0.3) is 0 Å². The van der Waals surface area contributed by atoms with Gasteiger partial charge in [-0.1, -0.05) is 30.3 Å². The number of ether oxygens (including phenoxy) is 1. The summed E-state index contributed by atoms with van der Waals surface area (Å²) < 4.78 is 5.05. The van der Waals surface area contributed by atoms with Gasteiger partial charge < -0.3 is 10.1 Å². The first-order chi connectivity index (χ1) is 11.5. The number of carbonyl (C=O) groups excluding carboxylic acids is 2. The first-order valence-electron chi connectivity index (χ1n) is 8.62.